The van der Waals surface area contributed by atoms with E-state index >= 15 is 0 Å². The van der Waals surface area contributed by atoms with E-state index in [1.54, 1.807) is 6.92 Å². The Bertz CT molecular complexity index is 569. The van der Waals surface area contributed by atoms with E-state index in [1.807, 2.05) is 32.0 Å². The number of aromatic nitrogens is 1. The Kier molecular flexibility index (Phi) is 2.65. The second kappa shape index (κ2) is 3.87. The summed E-state index contributed by atoms with van der Waals surface area (Å²) >= 11 is 0. The molecule has 1 aromatic heterocycles. The highest BCUT2D eigenvalue weighted by Crippen LogP contribution is 2.29. The average molecular weight is 233 g/mol. The Balaban J connectivity index is 2.44. The first-order valence-corrected chi connectivity index (χ1v) is 5.48. The zero-order valence-electron chi connectivity index (χ0n) is 10.2. The predicted octanol–water partition coefficient (Wildman–Crippen LogP) is 2.89. The van der Waals surface area contributed by atoms with E-state index in [1.165, 1.54) is 0 Å². The van der Waals surface area contributed by atoms with Crippen molar-refractivity contribution in [2.75, 3.05) is 0 Å². The van der Waals surface area contributed by atoms with Crippen LogP contribution in [0.4, 0.5) is 0 Å². The molecule has 2 aromatic rings. The molecule has 0 fully saturated rings. The summed E-state index contributed by atoms with van der Waals surface area (Å²) in [4.78, 5) is 15.1. The Morgan fingerprint density at radius 2 is 2.18 bits per heavy atom. The topological polar surface area (TPSA) is 63.3 Å². The number of carboxylic acid groups (broad SMARTS) is 1. The summed E-state index contributed by atoms with van der Waals surface area (Å²) in [6.07, 6.45) is 0.0926. The van der Waals surface area contributed by atoms with Crippen LogP contribution in [0.3, 0.4) is 0 Å². The number of hydrogen-bond acceptors (Lipinski definition) is 3. The Morgan fingerprint density at radius 3 is 2.82 bits per heavy atom. The van der Waals surface area contributed by atoms with Crippen molar-refractivity contribution in [1.29, 1.82) is 0 Å². The zero-order valence-corrected chi connectivity index (χ0v) is 10.2. The molecule has 1 heterocycles. The van der Waals surface area contributed by atoms with Gasteiger partial charge in [0.1, 0.15) is 5.52 Å². The lowest BCUT2D eigenvalue weighted by molar-refractivity contribution is -0.138. The van der Waals surface area contributed by atoms with Crippen LogP contribution in [0, 0.1) is 6.92 Å². The number of hydrogen-bond donors (Lipinski definition) is 1. The summed E-state index contributed by atoms with van der Waals surface area (Å²) in [5, 5.41) is 8.89. The number of benzene rings is 1. The second-order valence-electron chi connectivity index (χ2n) is 4.87. The smallest absolute Gasteiger partial charge is 0.304 e. The first kappa shape index (κ1) is 11.6. The summed E-state index contributed by atoms with van der Waals surface area (Å²) in [5.41, 5.74) is 2.06. The number of fused-ring (bicyclic) bond motifs is 1. The minimum Gasteiger partial charge on any atom is -0.481 e. The van der Waals surface area contributed by atoms with Gasteiger partial charge in [-0.05, 0) is 17.7 Å². The van der Waals surface area contributed by atoms with Gasteiger partial charge in [-0.3, -0.25) is 4.79 Å². The zero-order chi connectivity index (χ0) is 12.6. The second-order valence-corrected chi connectivity index (χ2v) is 4.87. The van der Waals surface area contributed by atoms with Crippen molar-refractivity contribution in [1.82, 2.24) is 4.98 Å². The molecular weight excluding hydrogens is 218 g/mol. The number of carboxylic acids is 1. The van der Waals surface area contributed by atoms with Crippen LogP contribution in [0.15, 0.2) is 22.6 Å². The first-order valence-electron chi connectivity index (χ1n) is 5.48. The standard InChI is InChI=1S/C13H15NO3/c1-8-14-10-6-9(4-5-11(10)17-8)13(2,3)7-12(15)16/h4-6H,7H2,1-3H3,(H,15,16). The van der Waals surface area contributed by atoms with Crippen LogP contribution in [0.5, 0.6) is 0 Å². The lowest BCUT2D eigenvalue weighted by Gasteiger charge is -2.22. The minimum atomic E-state index is -0.800. The number of carbonyl (C=O) groups is 1. The van der Waals surface area contributed by atoms with Crippen molar-refractivity contribution < 1.29 is 14.3 Å². The van der Waals surface area contributed by atoms with Crippen LogP contribution in [-0.2, 0) is 10.2 Å². The summed E-state index contributed by atoms with van der Waals surface area (Å²) in [7, 11) is 0. The molecule has 4 heteroatoms. The van der Waals surface area contributed by atoms with Gasteiger partial charge in [0.05, 0.1) is 6.42 Å². The molecule has 0 saturated heterocycles. The molecule has 17 heavy (non-hydrogen) atoms. The van der Waals surface area contributed by atoms with Gasteiger partial charge < -0.3 is 9.52 Å². The van der Waals surface area contributed by atoms with E-state index in [0.717, 1.165) is 16.7 Å². The lowest BCUT2D eigenvalue weighted by Crippen LogP contribution is -2.21. The SMILES string of the molecule is Cc1nc2cc(C(C)(C)CC(=O)O)ccc2o1. The van der Waals surface area contributed by atoms with Crippen molar-refractivity contribution in [2.45, 2.75) is 32.6 Å². The molecule has 90 valence electrons. The molecule has 1 N–H and O–H groups in total. The van der Waals surface area contributed by atoms with Crippen LogP contribution >= 0.6 is 0 Å². The quantitative estimate of drug-likeness (QED) is 0.885. The van der Waals surface area contributed by atoms with Gasteiger partial charge in [-0.25, -0.2) is 4.98 Å². The van der Waals surface area contributed by atoms with Crippen molar-refractivity contribution >= 4 is 17.1 Å². The van der Waals surface area contributed by atoms with Crippen molar-refractivity contribution in [2.24, 2.45) is 0 Å². The largest absolute Gasteiger partial charge is 0.481 e. The van der Waals surface area contributed by atoms with E-state index in [-0.39, 0.29) is 6.42 Å². The first-order chi connectivity index (χ1) is 7.88. The van der Waals surface area contributed by atoms with Gasteiger partial charge in [0, 0.05) is 12.3 Å². The molecular formula is C13H15NO3. The van der Waals surface area contributed by atoms with E-state index in [0.29, 0.717) is 5.89 Å². The van der Waals surface area contributed by atoms with E-state index in [2.05, 4.69) is 4.98 Å². The molecule has 0 saturated carbocycles. The Hall–Kier alpha value is -1.84. The van der Waals surface area contributed by atoms with Gasteiger partial charge in [-0.2, -0.15) is 0 Å². The van der Waals surface area contributed by atoms with E-state index in [9.17, 15) is 4.79 Å². The maximum atomic E-state index is 10.8. The molecule has 0 unspecified atom stereocenters. The molecule has 0 spiro atoms. The molecule has 0 aliphatic rings. The average Bonchev–Trinajstić information content (AvgIpc) is 2.54. The monoisotopic (exact) mass is 233 g/mol. The number of oxazole rings is 1. The third-order valence-corrected chi connectivity index (χ3v) is 2.87. The molecule has 0 aliphatic carbocycles. The van der Waals surface area contributed by atoms with E-state index < -0.39 is 11.4 Å². The summed E-state index contributed by atoms with van der Waals surface area (Å²) in [6.45, 7) is 5.62. The van der Waals surface area contributed by atoms with Crippen molar-refractivity contribution in [3.63, 3.8) is 0 Å². The fraction of sp³-hybridized carbons (Fsp3) is 0.385. The summed E-state index contributed by atoms with van der Waals surface area (Å²) < 4.78 is 5.39. The Labute approximate surface area is 99.3 Å². The van der Waals surface area contributed by atoms with Crippen molar-refractivity contribution in [3.8, 4) is 0 Å². The molecule has 2 rings (SSSR count). The van der Waals surface area contributed by atoms with Crippen LogP contribution in [0.1, 0.15) is 31.7 Å². The third-order valence-electron chi connectivity index (χ3n) is 2.87. The third kappa shape index (κ3) is 2.30. The van der Waals surface area contributed by atoms with Gasteiger partial charge in [-0.15, -0.1) is 0 Å². The lowest BCUT2D eigenvalue weighted by atomic mass is 9.81. The fourth-order valence-corrected chi connectivity index (χ4v) is 1.94. The van der Waals surface area contributed by atoms with Crippen molar-refractivity contribution in [3.05, 3.63) is 29.7 Å². The van der Waals surface area contributed by atoms with Gasteiger partial charge in [0.25, 0.3) is 0 Å². The Morgan fingerprint density at radius 1 is 1.47 bits per heavy atom. The molecule has 0 amide bonds. The summed E-state index contributed by atoms with van der Waals surface area (Å²) in [5.74, 6) is -0.181. The highest BCUT2D eigenvalue weighted by atomic mass is 16.4. The molecule has 1 aromatic carbocycles. The van der Waals surface area contributed by atoms with Crippen LogP contribution in [-0.4, -0.2) is 16.1 Å². The number of aryl methyl sites for hydroxylation is 1. The van der Waals surface area contributed by atoms with Gasteiger partial charge in [0.2, 0.25) is 0 Å². The highest BCUT2D eigenvalue weighted by molar-refractivity contribution is 5.75. The van der Waals surface area contributed by atoms with Crippen LogP contribution in [0.2, 0.25) is 0 Å². The van der Waals surface area contributed by atoms with Crippen LogP contribution < -0.4 is 0 Å². The predicted molar refractivity (Wildman–Crippen MR) is 64.0 cm³/mol. The van der Waals surface area contributed by atoms with Gasteiger partial charge in [0.15, 0.2) is 11.5 Å². The molecule has 4 nitrogen and oxygen atoms in total. The number of nitrogens with zero attached hydrogens (tertiary/aromatic N) is 1. The molecule has 0 aliphatic heterocycles. The minimum absolute atomic E-state index is 0.0926. The molecule has 0 radical (unpaired) electrons. The summed E-state index contributed by atoms with van der Waals surface area (Å²) in [6, 6.07) is 5.64. The van der Waals surface area contributed by atoms with Gasteiger partial charge in [-0.1, -0.05) is 19.9 Å². The maximum absolute atomic E-state index is 10.8. The molecule has 0 atom stereocenters. The van der Waals surface area contributed by atoms with Gasteiger partial charge >= 0.3 is 5.97 Å². The fourth-order valence-electron chi connectivity index (χ4n) is 1.94. The highest BCUT2D eigenvalue weighted by Gasteiger charge is 2.24. The van der Waals surface area contributed by atoms with Crippen LogP contribution in [0.25, 0.3) is 11.1 Å². The maximum Gasteiger partial charge on any atom is 0.304 e. The van der Waals surface area contributed by atoms with E-state index in [4.69, 9.17) is 9.52 Å². The normalized spacial score (nSPS) is 11.9. The molecule has 0 bridgehead atoms. The number of rotatable bonds is 3. The number of aliphatic carboxylic acids is 1.